The first-order chi connectivity index (χ1) is 13.0. The highest BCUT2D eigenvalue weighted by atomic mass is 19.1. The molecule has 1 atom stereocenters. The van der Waals surface area contributed by atoms with Gasteiger partial charge in [0.1, 0.15) is 11.6 Å². The molecule has 0 saturated carbocycles. The van der Waals surface area contributed by atoms with Crippen molar-refractivity contribution in [2.24, 2.45) is 5.92 Å². The molecule has 1 aliphatic rings. The summed E-state index contributed by atoms with van der Waals surface area (Å²) in [4.78, 5) is 4.61. The van der Waals surface area contributed by atoms with Gasteiger partial charge in [0.05, 0.1) is 0 Å². The van der Waals surface area contributed by atoms with E-state index in [9.17, 15) is 9.50 Å². The number of phenolic OH excluding ortho intramolecular Hbond substituents is 1. The van der Waals surface area contributed by atoms with Crippen LogP contribution in [0.4, 0.5) is 4.39 Å². The topological polar surface area (TPSA) is 26.7 Å². The van der Waals surface area contributed by atoms with Gasteiger partial charge in [-0.25, -0.2) is 4.39 Å². The monoisotopic (exact) mass is 370 g/mol. The lowest BCUT2D eigenvalue weighted by molar-refractivity contribution is 0.162. The van der Waals surface area contributed by atoms with Crippen LogP contribution in [0.25, 0.3) is 0 Å². The largest absolute Gasteiger partial charge is 0.508 e. The van der Waals surface area contributed by atoms with Gasteiger partial charge in [0.15, 0.2) is 0 Å². The number of nitrogens with zero attached hydrogens (tertiary/aromatic N) is 2. The minimum absolute atomic E-state index is 0.162. The molecule has 0 unspecified atom stereocenters. The first-order valence-corrected chi connectivity index (χ1v) is 9.92. The Morgan fingerprint density at radius 2 is 1.85 bits per heavy atom. The predicted octanol–water partition coefficient (Wildman–Crippen LogP) is 4.44. The van der Waals surface area contributed by atoms with Gasteiger partial charge in [0.25, 0.3) is 0 Å². The van der Waals surface area contributed by atoms with Crippen LogP contribution in [0.5, 0.6) is 5.75 Å². The molecular weight excluding hydrogens is 339 g/mol. The molecule has 0 radical (unpaired) electrons. The Balaban J connectivity index is 1.54. The van der Waals surface area contributed by atoms with E-state index in [0.717, 1.165) is 44.6 Å². The number of benzene rings is 2. The second-order valence-corrected chi connectivity index (χ2v) is 8.11. The van der Waals surface area contributed by atoms with Crippen molar-refractivity contribution in [3.05, 3.63) is 65.0 Å². The molecule has 0 bridgehead atoms. The maximum Gasteiger partial charge on any atom is 0.123 e. The highest BCUT2D eigenvalue weighted by molar-refractivity contribution is 5.36. The molecule has 2 aromatic carbocycles. The van der Waals surface area contributed by atoms with Gasteiger partial charge < -0.3 is 10.0 Å². The van der Waals surface area contributed by atoms with Gasteiger partial charge in [0, 0.05) is 25.2 Å². The van der Waals surface area contributed by atoms with Crippen molar-refractivity contribution in [1.29, 1.82) is 0 Å². The molecule has 0 aromatic heterocycles. The van der Waals surface area contributed by atoms with E-state index >= 15 is 0 Å². The number of hydrogen-bond donors (Lipinski definition) is 1. The number of rotatable bonds is 7. The van der Waals surface area contributed by atoms with Gasteiger partial charge in [-0.2, -0.15) is 0 Å². The quantitative estimate of drug-likeness (QED) is 0.781. The summed E-state index contributed by atoms with van der Waals surface area (Å²) in [5, 5.41) is 10.1. The van der Waals surface area contributed by atoms with E-state index in [-0.39, 0.29) is 5.82 Å². The minimum Gasteiger partial charge on any atom is -0.508 e. The average Bonchev–Trinajstić information content (AvgIpc) is 2.64. The van der Waals surface area contributed by atoms with E-state index in [1.54, 1.807) is 12.1 Å². The zero-order chi connectivity index (χ0) is 19.2. The Kier molecular flexibility index (Phi) is 6.86. The molecule has 0 amide bonds. The molecule has 27 heavy (non-hydrogen) atoms. The van der Waals surface area contributed by atoms with Crippen molar-refractivity contribution < 1.29 is 9.50 Å². The first-order valence-electron chi connectivity index (χ1n) is 9.92. The molecule has 0 spiro atoms. The third-order valence-corrected chi connectivity index (χ3v) is 5.39. The number of hydrogen-bond acceptors (Lipinski definition) is 3. The second-order valence-electron chi connectivity index (χ2n) is 8.11. The van der Waals surface area contributed by atoms with E-state index in [1.807, 2.05) is 38.4 Å². The number of aromatic hydroxyl groups is 1. The number of likely N-dealkylation sites (tertiary alicyclic amines) is 1. The predicted molar refractivity (Wildman–Crippen MR) is 108 cm³/mol. The number of halogens is 1. The van der Waals surface area contributed by atoms with Crippen molar-refractivity contribution in [3.63, 3.8) is 0 Å². The summed E-state index contributed by atoms with van der Waals surface area (Å²) in [6.45, 7) is 3.94. The van der Waals surface area contributed by atoms with E-state index in [1.165, 1.54) is 24.0 Å². The van der Waals surface area contributed by atoms with Crippen molar-refractivity contribution in [3.8, 4) is 5.75 Å². The van der Waals surface area contributed by atoms with Gasteiger partial charge in [-0.3, -0.25) is 4.90 Å². The molecule has 1 aliphatic heterocycles. The molecule has 4 heteroatoms. The lowest BCUT2D eigenvalue weighted by Crippen LogP contribution is -2.35. The summed E-state index contributed by atoms with van der Waals surface area (Å²) in [6, 6.07) is 12.9. The van der Waals surface area contributed by atoms with Gasteiger partial charge >= 0.3 is 0 Å². The van der Waals surface area contributed by atoms with Crippen molar-refractivity contribution >= 4 is 0 Å². The number of aryl methyl sites for hydroxylation is 1. The number of piperidine rings is 1. The minimum atomic E-state index is -0.162. The fourth-order valence-electron chi connectivity index (χ4n) is 4.02. The highest BCUT2D eigenvalue weighted by Crippen LogP contribution is 2.25. The Morgan fingerprint density at radius 1 is 1.11 bits per heavy atom. The second kappa shape index (κ2) is 9.34. The van der Waals surface area contributed by atoms with Crippen LogP contribution in [0, 0.1) is 11.7 Å². The van der Waals surface area contributed by atoms with Crippen LogP contribution in [0.15, 0.2) is 42.5 Å². The van der Waals surface area contributed by atoms with Crippen LogP contribution in [-0.2, 0) is 19.5 Å². The zero-order valence-corrected chi connectivity index (χ0v) is 16.5. The average molecular weight is 371 g/mol. The summed E-state index contributed by atoms with van der Waals surface area (Å²) in [7, 11) is 4.03. The molecule has 2 aromatic rings. The third-order valence-electron chi connectivity index (χ3n) is 5.39. The molecule has 0 aliphatic carbocycles. The molecular formula is C23H31FN2O. The SMILES string of the molecule is CN(C)Cc1cc(CN2CCC[C@@H](CCc3ccc(F)cc3)C2)ccc1O. The summed E-state index contributed by atoms with van der Waals surface area (Å²) >= 11 is 0. The van der Waals surface area contributed by atoms with Crippen molar-refractivity contribution in [1.82, 2.24) is 9.80 Å². The summed E-state index contributed by atoms with van der Waals surface area (Å²) in [5.74, 6) is 0.913. The van der Waals surface area contributed by atoms with Crippen LogP contribution in [0.1, 0.15) is 36.0 Å². The lowest BCUT2D eigenvalue weighted by Gasteiger charge is -2.33. The fourth-order valence-corrected chi connectivity index (χ4v) is 4.02. The molecule has 1 fully saturated rings. The van der Waals surface area contributed by atoms with E-state index in [4.69, 9.17) is 0 Å². The smallest absolute Gasteiger partial charge is 0.123 e. The van der Waals surface area contributed by atoms with Gasteiger partial charge in [-0.05, 0) is 87.6 Å². The van der Waals surface area contributed by atoms with Crippen LogP contribution >= 0.6 is 0 Å². The molecule has 3 nitrogen and oxygen atoms in total. The van der Waals surface area contributed by atoms with Gasteiger partial charge in [-0.1, -0.05) is 18.2 Å². The van der Waals surface area contributed by atoms with E-state index in [2.05, 4.69) is 15.9 Å². The molecule has 146 valence electrons. The van der Waals surface area contributed by atoms with Crippen LogP contribution in [0.2, 0.25) is 0 Å². The van der Waals surface area contributed by atoms with Crippen molar-refractivity contribution in [2.45, 2.75) is 38.8 Å². The Hall–Kier alpha value is -1.91. The van der Waals surface area contributed by atoms with Crippen molar-refractivity contribution in [2.75, 3.05) is 27.2 Å². The molecule has 1 N–H and O–H groups in total. The fraction of sp³-hybridized carbons (Fsp3) is 0.478. The first kappa shape index (κ1) is 19.8. The lowest BCUT2D eigenvalue weighted by atomic mass is 9.91. The maximum absolute atomic E-state index is 13.0. The number of phenols is 1. The van der Waals surface area contributed by atoms with Crippen LogP contribution in [-0.4, -0.2) is 42.1 Å². The van der Waals surface area contributed by atoms with Crippen LogP contribution in [0.3, 0.4) is 0 Å². The Labute approximate surface area is 162 Å². The Bertz CT molecular complexity index is 730. The maximum atomic E-state index is 13.0. The van der Waals surface area contributed by atoms with Crippen LogP contribution < -0.4 is 0 Å². The highest BCUT2D eigenvalue weighted by Gasteiger charge is 2.20. The standard InChI is InChI=1S/C23H31FN2O/c1-25(2)17-21-14-20(9-12-23(21)27)16-26-13-3-4-19(15-26)6-5-18-7-10-22(24)11-8-18/h7-12,14,19,27H,3-6,13,15-17H2,1-2H3/t19-/m0/s1. The van der Waals surface area contributed by atoms with E-state index in [0.29, 0.717) is 11.7 Å². The summed E-state index contributed by atoms with van der Waals surface area (Å²) in [5.41, 5.74) is 3.48. The molecule has 1 heterocycles. The summed E-state index contributed by atoms with van der Waals surface area (Å²) in [6.07, 6.45) is 4.68. The molecule has 3 rings (SSSR count). The Morgan fingerprint density at radius 3 is 2.59 bits per heavy atom. The normalized spacial score (nSPS) is 18.1. The van der Waals surface area contributed by atoms with Gasteiger partial charge in [-0.15, -0.1) is 0 Å². The molecule has 1 saturated heterocycles. The zero-order valence-electron chi connectivity index (χ0n) is 16.5. The van der Waals surface area contributed by atoms with E-state index < -0.39 is 0 Å². The van der Waals surface area contributed by atoms with Gasteiger partial charge in [0.2, 0.25) is 0 Å². The summed E-state index contributed by atoms with van der Waals surface area (Å²) < 4.78 is 13.0. The third kappa shape index (κ3) is 6.05.